The van der Waals surface area contributed by atoms with E-state index in [1.807, 2.05) is 47.4 Å². The Bertz CT molecular complexity index is 1390. The second kappa shape index (κ2) is 12.8. The van der Waals surface area contributed by atoms with Gasteiger partial charge in [0.2, 0.25) is 5.91 Å². The van der Waals surface area contributed by atoms with E-state index >= 15 is 0 Å². The van der Waals surface area contributed by atoms with E-state index in [4.69, 9.17) is 4.84 Å². The molecule has 244 valence electrons. The zero-order valence-corrected chi connectivity index (χ0v) is 27.4. The zero-order chi connectivity index (χ0) is 32.0. The van der Waals surface area contributed by atoms with E-state index in [0.717, 1.165) is 49.3 Å². The largest absolute Gasteiger partial charge is 0.394 e. The molecular formula is C36H50N4O5. The third-order valence-electron chi connectivity index (χ3n) is 11.6. The van der Waals surface area contributed by atoms with Crippen molar-refractivity contribution in [1.29, 1.82) is 0 Å². The fourth-order valence-corrected chi connectivity index (χ4v) is 8.54. The van der Waals surface area contributed by atoms with Gasteiger partial charge in [0.15, 0.2) is 0 Å². The second-order valence-corrected chi connectivity index (χ2v) is 14.6. The van der Waals surface area contributed by atoms with Crippen LogP contribution >= 0.6 is 0 Å². The molecule has 2 amide bonds. The molecule has 0 radical (unpaired) electrons. The van der Waals surface area contributed by atoms with Crippen molar-refractivity contribution in [1.82, 2.24) is 20.2 Å². The summed E-state index contributed by atoms with van der Waals surface area (Å²) < 4.78 is 0. The molecule has 7 rings (SSSR count). The maximum Gasteiger partial charge on any atom is 0.253 e. The Hall–Kier alpha value is -2.82. The third-order valence-corrected chi connectivity index (χ3v) is 11.6. The summed E-state index contributed by atoms with van der Waals surface area (Å²) >= 11 is 0. The van der Waals surface area contributed by atoms with Crippen LogP contribution in [0.5, 0.6) is 0 Å². The molecule has 9 nitrogen and oxygen atoms in total. The first-order chi connectivity index (χ1) is 21.5. The lowest BCUT2D eigenvalue weighted by molar-refractivity contribution is -0.183. The number of amides is 2. The number of aliphatic hydroxyl groups is 2. The highest BCUT2D eigenvalue weighted by Crippen LogP contribution is 2.61. The maximum absolute atomic E-state index is 14.0. The van der Waals surface area contributed by atoms with Gasteiger partial charge < -0.3 is 25.3 Å². The van der Waals surface area contributed by atoms with Crippen LogP contribution in [0.1, 0.15) is 56.5 Å². The number of nitrogens with zero attached hydrogens (tertiary/aromatic N) is 3. The first-order valence-electron chi connectivity index (χ1n) is 16.7. The van der Waals surface area contributed by atoms with E-state index in [1.54, 1.807) is 12.0 Å². The molecule has 2 heterocycles. The highest BCUT2D eigenvalue weighted by Gasteiger charge is 2.57. The predicted molar refractivity (Wildman–Crippen MR) is 173 cm³/mol. The van der Waals surface area contributed by atoms with E-state index in [9.17, 15) is 19.8 Å². The van der Waals surface area contributed by atoms with Crippen LogP contribution in [0.4, 0.5) is 0 Å². The molecule has 2 aromatic carbocycles. The van der Waals surface area contributed by atoms with Crippen molar-refractivity contribution in [3.8, 4) is 11.1 Å². The van der Waals surface area contributed by atoms with E-state index in [0.29, 0.717) is 35.3 Å². The van der Waals surface area contributed by atoms with Gasteiger partial charge in [-0.2, -0.15) is 5.06 Å². The van der Waals surface area contributed by atoms with E-state index in [-0.39, 0.29) is 24.5 Å². The minimum atomic E-state index is -0.842. The van der Waals surface area contributed by atoms with Gasteiger partial charge in [-0.15, -0.1) is 0 Å². The molecule has 0 unspecified atom stereocenters. The number of hydroxylamine groups is 2. The number of benzene rings is 2. The van der Waals surface area contributed by atoms with Crippen molar-refractivity contribution >= 4 is 11.8 Å². The Labute approximate surface area is 267 Å². The fraction of sp³-hybridized carbons (Fsp3) is 0.611. The van der Waals surface area contributed by atoms with Gasteiger partial charge in [0, 0.05) is 43.7 Å². The van der Waals surface area contributed by atoms with E-state index < -0.39 is 24.2 Å². The van der Waals surface area contributed by atoms with Gasteiger partial charge in [-0.3, -0.25) is 14.4 Å². The number of hydrogen-bond donors (Lipinski definition) is 3. The van der Waals surface area contributed by atoms with Crippen molar-refractivity contribution in [3.05, 3.63) is 59.7 Å². The Kier molecular flexibility index (Phi) is 9.11. The van der Waals surface area contributed by atoms with Crippen molar-refractivity contribution in [3.63, 3.8) is 0 Å². The number of likely N-dealkylation sites (N-methyl/N-ethyl adjacent to an activating group) is 1. The first kappa shape index (κ1) is 32.1. The molecule has 3 N–H and O–H groups in total. The molecule has 3 saturated carbocycles. The molecule has 0 aromatic heterocycles. The molecule has 2 aliphatic heterocycles. The molecule has 5 aliphatic rings. The quantitative estimate of drug-likeness (QED) is 0.417. The molecule has 5 fully saturated rings. The minimum absolute atomic E-state index is 0.0489. The van der Waals surface area contributed by atoms with Crippen LogP contribution in [0.2, 0.25) is 0 Å². The summed E-state index contributed by atoms with van der Waals surface area (Å²) in [4.78, 5) is 37.6. The second-order valence-electron chi connectivity index (χ2n) is 14.6. The zero-order valence-electron chi connectivity index (χ0n) is 27.4. The number of rotatable bonds is 8. The summed E-state index contributed by atoms with van der Waals surface area (Å²) in [5, 5.41) is 25.9. The molecule has 3 aliphatic carbocycles. The Balaban J connectivity index is 1.19. The number of carbonyl (C=O) groups excluding carboxylic acids is 2. The summed E-state index contributed by atoms with van der Waals surface area (Å²) in [5.74, 6) is 0.898. The number of carbonyl (C=O) groups is 2. The van der Waals surface area contributed by atoms with Gasteiger partial charge in [0.25, 0.3) is 5.91 Å². The average Bonchev–Trinajstić information content (AvgIpc) is 3.40. The van der Waals surface area contributed by atoms with Crippen molar-refractivity contribution in [2.45, 2.75) is 71.4 Å². The summed E-state index contributed by atoms with van der Waals surface area (Å²) in [7, 11) is 2.07. The van der Waals surface area contributed by atoms with Crippen LogP contribution in [-0.4, -0.2) is 101 Å². The maximum atomic E-state index is 14.0. The van der Waals surface area contributed by atoms with Crippen molar-refractivity contribution < 1.29 is 24.6 Å². The molecule has 2 aromatic rings. The molecular weight excluding hydrogens is 568 g/mol. The number of nitrogens with one attached hydrogen (secondary N) is 1. The van der Waals surface area contributed by atoms with E-state index in [2.05, 4.69) is 44.1 Å². The predicted octanol–water partition coefficient (Wildman–Crippen LogP) is 3.40. The number of piperazine rings is 1. The monoisotopic (exact) mass is 618 g/mol. The number of aliphatic hydroxyl groups excluding tert-OH is 2. The lowest BCUT2D eigenvalue weighted by atomic mass is 9.45. The third kappa shape index (κ3) is 6.17. The van der Waals surface area contributed by atoms with Gasteiger partial charge in [-0.25, -0.2) is 0 Å². The molecule has 9 heteroatoms. The highest BCUT2D eigenvalue weighted by atomic mass is 16.7. The summed E-state index contributed by atoms with van der Waals surface area (Å²) in [6.07, 6.45) is 0.666. The highest BCUT2D eigenvalue weighted by molar-refractivity contribution is 5.95. The van der Waals surface area contributed by atoms with Crippen LogP contribution in [0.25, 0.3) is 11.1 Å². The molecule has 2 bridgehead atoms. The Morgan fingerprint density at radius 2 is 1.73 bits per heavy atom. The number of hydrogen-bond acceptors (Lipinski definition) is 7. The van der Waals surface area contributed by atoms with Crippen LogP contribution in [-0.2, 0) is 16.2 Å². The molecule has 2 saturated heterocycles. The topological polar surface area (TPSA) is 106 Å². The molecule has 0 spiro atoms. The van der Waals surface area contributed by atoms with Gasteiger partial charge in [-0.05, 0) is 84.9 Å². The summed E-state index contributed by atoms with van der Waals surface area (Å²) in [5.41, 5.74) is 3.82. The van der Waals surface area contributed by atoms with Gasteiger partial charge in [0.1, 0.15) is 12.1 Å². The smallest absolute Gasteiger partial charge is 0.253 e. The average molecular weight is 619 g/mol. The van der Waals surface area contributed by atoms with Crippen LogP contribution in [0, 0.1) is 29.1 Å². The summed E-state index contributed by atoms with van der Waals surface area (Å²) in [6.45, 7) is 11.8. The SMILES string of the molecule is C[C@@H]1[C@@H](NC(=O)[C@@H]2[C@H]([C@H](C)O)[C@H](CO)ON2Cc2cccc(-c3cccc(C(=O)N4CCN(C)CC4)c3)c2)C[C@@H]2C[C@H]1C2(C)C. The van der Waals surface area contributed by atoms with Gasteiger partial charge in [0.05, 0.1) is 19.3 Å². The Morgan fingerprint density at radius 3 is 2.38 bits per heavy atom. The van der Waals surface area contributed by atoms with Gasteiger partial charge in [-0.1, -0.05) is 51.1 Å². The lowest BCUT2D eigenvalue weighted by Crippen LogP contribution is -2.62. The van der Waals surface area contributed by atoms with Crippen molar-refractivity contribution in [2.75, 3.05) is 39.8 Å². The first-order valence-corrected chi connectivity index (χ1v) is 16.7. The number of fused-ring (bicyclic) bond motifs is 2. The standard InChI is InChI=1S/C36H50N4O5/c1-22-29-18-28(36(29,3)4)19-30(22)37-34(43)33-32(23(2)42)31(21-41)45-40(33)20-24-8-6-9-25(16-24)26-10-7-11-27(17-26)35(44)39-14-12-38(5)13-15-39/h6-11,16-17,22-23,28-33,41-42H,12-15,18-21H2,1-5H3,(H,37,43)/t22-,23-,28-,29+,30-,31-,32+,33-/m0/s1. The van der Waals surface area contributed by atoms with E-state index in [1.165, 1.54) is 6.42 Å². The lowest BCUT2D eigenvalue weighted by Gasteiger charge is -2.62. The van der Waals surface area contributed by atoms with Crippen LogP contribution < -0.4 is 5.32 Å². The fourth-order valence-electron chi connectivity index (χ4n) is 8.54. The van der Waals surface area contributed by atoms with Crippen molar-refractivity contribution in [2.24, 2.45) is 29.1 Å². The Morgan fingerprint density at radius 1 is 1.04 bits per heavy atom. The van der Waals surface area contributed by atoms with Crippen LogP contribution in [0.15, 0.2) is 48.5 Å². The minimum Gasteiger partial charge on any atom is -0.394 e. The van der Waals surface area contributed by atoms with Crippen LogP contribution in [0.3, 0.4) is 0 Å². The molecule has 45 heavy (non-hydrogen) atoms. The molecule has 8 atom stereocenters. The normalized spacial score (nSPS) is 32.2. The van der Waals surface area contributed by atoms with Gasteiger partial charge >= 0.3 is 0 Å². The summed E-state index contributed by atoms with van der Waals surface area (Å²) in [6, 6.07) is 15.1.